The molecule has 3 unspecified atom stereocenters. The molecule has 3 atom stereocenters. The summed E-state index contributed by atoms with van der Waals surface area (Å²) in [6.45, 7) is 11.0. The Hall–Kier alpha value is -0.570. The average Bonchev–Trinajstić information content (AvgIpc) is 2.36. The summed E-state index contributed by atoms with van der Waals surface area (Å²) < 4.78 is 0. The molecule has 1 aliphatic heterocycles. The second kappa shape index (κ2) is 6.46. The summed E-state index contributed by atoms with van der Waals surface area (Å²) in [5, 5.41) is 3.61. The van der Waals surface area contributed by atoms with E-state index in [9.17, 15) is 4.79 Å². The number of amides is 1. The van der Waals surface area contributed by atoms with Crippen molar-refractivity contribution in [1.29, 1.82) is 0 Å². The minimum atomic E-state index is -0.0285. The maximum atomic E-state index is 12.5. The van der Waals surface area contributed by atoms with Crippen molar-refractivity contribution in [3.05, 3.63) is 0 Å². The first-order valence-corrected chi connectivity index (χ1v) is 8.42. The molecule has 3 heteroatoms. The molecule has 3 nitrogen and oxygen atoms in total. The quantitative estimate of drug-likeness (QED) is 0.861. The van der Waals surface area contributed by atoms with E-state index in [4.69, 9.17) is 0 Å². The Bertz CT molecular complexity index is 334. The van der Waals surface area contributed by atoms with Crippen molar-refractivity contribution in [2.45, 2.75) is 78.3 Å². The first kappa shape index (κ1) is 15.8. The summed E-state index contributed by atoms with van der Waals surface area (Å²) in [6, 6.07) is 0.469. The van der Waals surface area contributed by atoms with Crippen molar-refractivity contribution in [1.82, 2.24) is 10.2 Å². The Morgan fingerprint density at radius 3 is 2.45 bits per heavy atom. The molecule has 1 aliphatic carbocycles. The van der Waals surface area contributed by atoms with Crippen LogP contribution in [0.4, 0.5) is 0 Å². The number of carbonyl (C=O) groups excluding carboxylic acids is 1. The fourth-order valence-corrected chi connectivity index (χ4v) is 4.29. The SMILES string of the molecule is CC1CC(NC(C)C(=O)N2CCCCC2)CC(C)(C)C1. The Morgan fingerprint density at radius 2 is 1.85 bits per heavy atom. The molecule has 1 amide bonds. The molecule has 0 aromatic carbocycles. The van der Waals surface area contributed by atoms with Crippen LogP contribution >= 0.6 is 0 Å². The lowest BCUT2D eigenvalue weighted by Gasteiger charge is -2.41. The van der Waals surface area contributed by atoms with Gasteiger partial charge in [0.25, 0.3) is 0 Å². The number of likely N-dealkylation sites (tertiary alicyclic amines) is 1. The number of rotatable bonds is 3. The van der Waals surface area contributed by atoms with Gasteiger partial charge in [-0.25, -0.2) is 0 Å². The van der Waals surface area contributed by atoms with Crippen molar-refractivity contribution < 1.29 is 4.79 Å². The van der Waals surface area contributed by atoms with Crippen LogP contribution in [-0.4, -0.2) is 36.0 Å². The molecule has 1 saturated heterocycles. The summed E-state index contributed by atoms with van der Waals surface area (Å²) in [4.78, 5) is 14.5. The van der Waals surface area contributed by atoms with E-state index in [2.05, 4.69) is 31.0 Å². The van der Waals surface area contributed by atoms with Gasteiger partial charge in [-0.1, -0.05) is 20.8 Å². The van der Waals surface area contributed by atoms with Gasteiger partial charge in [-0.2, -0.15) is 0 Å². The number of nitrogens with zero attached hydrogens (tertiary/aromatic N) is 1. The molecule has 0 spiro atoms. The number of hydrogen-bond acceptors (Lipinski definition) is 2. The fraction of sp³-hybridized carbons (Fsp3) is 0.941. The van der Waals surface area contributed by atoms with E-state index in [1.54, 1.807) is 0 Å². The first-order chi connectivity index (χ1) is 9.37. The Morgan fingerprint density at radius 1 is 1.20 bits per heavy atom. The molecule has 1 N–H and O–H groups in total. The Balaban J connectivity index is 1.86. The standard InChI is InChI=1S/C17H32N2O/c1-13-10-15(12-17(3,4)11-13)18-14(2)16(20)19-8-6-5-7-9-19/h13-15,18H,5-12H2,1-4H3. The zero-order valence-corrected chi connectivity index (χ0v) is 13.7. The van der Waals surface area contributed by atoms with E-state index in [0.29, 0.717) is 17.4 Å². The summed E-state index contributed by atoms with van der Waals surface area (Å²) in [7, 11) is 0. The monoisotopic (exact) mass is 280 g/mol. The predicted octanol–water partition coefficient (Wildman–Crippen LogP) is 3.19. The van der Waals surface area contributed by atoms with Crippen molar-refractivity contribution in [3.8, 4) is 0 Å². The van der Waals surface area contributed by atoms with Gasteiger partial charge in [0.2, 0.25) is 5.91 Å². The molecule has 0 radical (unpaired) electrons. The second-order valence-corrected chi connectivity index (χ2v) is 7.88. The predicted molar refractivity (Wildman–Crippen MR) is 83.6 cm³/mol. The van der Waals surface area contributed by atoms with Gasteiger partial charge in [0, 0.05) is 19.1 Å². The van der Waals surface area contributed by atoms with E-state index < -0.39 is 0 Å². The molecular weight excluding hydrogens is 248 g/mol. The van der Waals surface area contributed by atoms with Crippen LogP contribution in [0.3, 0.4) is 0 Å². The largest absolute Gasteiger partial charge is 0.341 e. The van der Waals surface area contributed by atoms with E-state index >= 15 is 0 Å². The third-order valence-corrected chi connectivity index (χ3v) is 4.91. The number of piperidine rings is 1. The van der Waals surface area contributed by atoms with Crippen molar-refractivity contribution in [2.24, 2.45) is 11.3 Å². The van der Waals surface area contributed by atoms with Gasteiger partial charge < -0.3 is 10.2 Å². The molecule has 2 rings (SSSR count). The van der Waals surface area contributed by atoms with Crippen LogP contribution in [0.1, 0.15) is 66.2 Å². The molecular formula is C17H32N2O. The number of hydrogen-bond donors (Lipinski definition) is 1. The van der Waals surface area contributed by atoms with Gasteiger partial charge in [0.05, 0.1) is 6.04 Å². The molecule has 2 aliphatic rings. The van der Waals surface area contributed by atoms with Crippen LogP contribution in [-0.2, 0) is 4.79 Å². The highest BCUT2D eigenvalue weighted by atomic mass is 16.2. The minimum Gasteiger partial charge on any atom is -0.341 e. The average molecular weight is 280 g/mol. The van der Waals surface area contributed by atoms with E-state index in [1.165, 1.54) is 38.5 Å². The van der Waals surface area contributed by atoms with E-state index in [-0.39, 0.29) is 6.04 Å². The zero-order valence-electron chi connectivity index (χ0n) is 13.7. The van der Waals surface area contributed by atoms with Crippen LogP contribution in [0.25, 0.3) is 0 Å². The third kappa shape index (κ3) is 4.21. The van der Waals surface area contributed by atoms with Crippen LogP contribution in [0, 0.1) is 11.3 Å². The third-order valence-electron chi connectivity index (χ3n) is 4.91. The molecule has 2 fully saturated rings. The van der Waals surface area contributed by atoms with Gasteiger partial charge in [0.1, 0.15) is 0 Å². The van der Waals surface area contributed by atoms with Crippen LogP contribution in [0.15, 0.2) is 0 Å². The Kier molecular flexibility index (Phi) is 5.11. The molecule has 20 heavy (non-hydrogen) atoms. The van der Waals surface area contributed by atoms with Crippen molar-refractivity contribution >= 4 is 5.91 Å². The first-order valence-electron chi connectivity index (χ1n) is 8.42. The number of carbonyl (C=O) groups is 1. The highest BCUT2D eigenvalue weighted by molar-refractivity contribution is 5.81. The van der Waals surface area contributed by atoms with Gasteiger partial charge in [-0.3, -0.25) is 4.79 Å². The van der Waals surface area contributed by atoms with Gasteiger partial charge in [-0.05, 0) is 56.8 Å². The van der Waals surface area contributed by atoms with Gasteiger partial charge in [-0.15, -0.1) is 0 Å². The summed E-state index contributed by atoms with van der Waals surface area (Å²) in [5.74, 6) is 1.06. The molecule has 1 heterocycles. The maximum Gasteiger partial charge on any atom is 0.239 e. The molecule has 0 aromatic heterocycles. The molecule has 0 bridgehead atoms. The highest BCUT2D eigenvalue weighted by Crippen LogP contribution is 2.38. The fourth-order valence-electron chi connectivity index (χ4n) is 4.29. The van der Waals surface area contributed by atoms with Crippen molar-refractivity contribution in [2.75, 3.05) is 13.1 Å². The second-order valence-electron chi connectivity index (χ2n) is 7.88. The summed E-state index contributed by atoms with van der Waals surface area (Å²) in [6.07, 6.45) is 7.33. The van der Waals surface area contributed by atoms with Crippen LogP contribution < -0.4 is 5.32 Å². The number of nitrogens with one attached hydrogen (secondary N) is 1. The smallest absolute Gasteiger partial charge is 0.239 e. The van der Waals surface area contributed by atoms with Crippen molar-refractivity contribution in [3.63, 3.8) is 0 Å². The minimum absolute atomic E-state index is 0.0285. The van der Waals surface area contributed by atoms with Gasteiger partial charge in [0.15, 0.2) is 0 Å². The Labute approximate surface area is 124 Å². The molecule has 0 aromatic rings. The van der Waals surface area contributed by atoms with Gasteiger partial charge >= 0.3 is 0 Å². The summed E-state index contributed by atoms with van der Waals surface area (Å²) in [5.41, 5.74) is 0.406. The van der Waals surface area contributed by atoms with E-state index in [0.717, 1.165) is 19.0 Å². The normalized spacial score (nSPS) is 31.9. The highest BCUT2D eigenvalue weighted by Gasteiger charge is 2.33. The maximum absolute atomic E-state index is 12.5. The molecule has 1 saturated carbocycles. The lowest BCUT2D eigenvalue weighted by atomic mass is 9.70. The van der Waals surface area contributed by atoms with E-state index in [1.807, 2.05) is 6.92 Å². The lowest BCUT2D eigenvalue weighted by Crippen LogP contribution is -2.51. The topological polar surface area (TPSA) is 32.3 Å². The summed E-state index contributed by atoms with van der Waals surface area (Å²) >= 11 is 0. The zero-order chi connectivity index (χ0) is 14.8. The lowest BCUT2D eigenvalue weighted by molar-refractivity contribution is -0.134. The molecule has 116 valence electrons. The van der Waals surface area contributed by atoms with Crippen LogP contribution in [0.5, 0.6) is 0 Å². The van der Waals surface area contributed by atoms with Crippen LogP contribution in [0.2, 0.25) is 0 Å².